The molecule has 1 aliphatic rings. The van der Waals surface area contributed by atoms with Gasteiger partial charge in [-0.3, -0.25) is 15.0 Å². The number of piperidine rings is 1. The molecule has 120 valence electrons. The van der Waals surface area contributed by atoms with E-state index in [-0.39, 0.29) is 5.56 Å². The third-order valence-corrected chi connectivity index (χ3v) is 4.21. The summed E-state index contributed by atoms with van der Waals surface area (Å²) < 4.78 is 0. The maximum Gasteiger partial charge on any atom is 0.337 e. The summed E-state index contributed by atoms with van der Waals surface area (Å²) in [7, 11) is 2.16. The third kappa shape index (κ3) is 3.90. The summed E-state index contributed by atoms with van der Waals surface area (Å²) in [6.45, 7) is 2.28. The molecule has 0 saturated carbocycles. The second kappa shape index (κ2) is 6.83. The Morgan fingerprint density at radius 3 is 2.87 bits per heavy atom. The van der Waals surface area contributed by atoms with E-state index in [0.717, 1.165) is 18.7 Å². The Kier molecular flexibility index (Phi) is 4.62. The molecular formula is C17H20N4O2. The van der Waals surface area contributed by atoms with Crippen molar-refractivity contribution in [2.75, 3.05) is 20.1 Å². The highest BCUT2D eigenvalue weighted by atomic mass is 16.4. The highest BCUT2D eigenvalue weighted by molar-refractivity contribution is 5.88. The molecule has 23 heavy (non-hydrogen) atoms. The van der Waals surface area contributed by atoms with Crippen molar-refractivity contribution in [1.82, 2.24) is 19.9 Å². The van der Waals surface area contributed by atoms with Crippen LogP contribution in [0.15, 0.2) is 30.9 Å². The fraction of sp³-hybridized carbons (Fsp3) is 0.412. The molecule has 0 aliphatic carbocycles. The van der Waals surface area contributed by atoms with Gasteiger partial charge in [-0.1, -0.05) is 0 Å². The van der Waals surface area contributed by atoms with Gasteiger partial charge in [0.25, 0.3) is 0 Å². The number of likely N-dealkylation sites (tertiary alicyclic amines) is 1. The maximum absolute atomic E-state index is 11.0. The second-order valence-corrected chi connectivity index (χ2v) is 6.14. The Bertz CT molecular complexity index is 687. The van der Waals surface area contributed by atoms with Gasteiger partial charge in [-0.15, -0.1) is 0 Å². The van der Waals surface area contributed by atoms with E-state index in [0.29, 0.717) is 17.2 Å². The molecule has 0 amide bonds. The van der Waals surface area contributed by atoms with Crippen LogP contribution in [0.5, 0.6) is 0 Å². The van der Waals surface area contributed by atoms with E-state index in [2.05, 4.69) is 26.9 Å². The van der Waals surface area contributed by atoms with Crippen LogP contribution in [0.4, 0.5) is 0 Å². The molecule has 0 aromatic carbocycles. The predicted octanol–water partition coefficient (Wildman–Crippen LogP) is 2.12. The van der Waals surface area contributed by atoms with Crippen LogP contribution in [-0.4, -0.2) is 51.1 Å². The minimum atomic E-state index is -0.995. The lowest BCUT2D eigenvalue weighted by Crippen LogP contribution is -2.33. The monoisotopic (exact) mass is 312 g/mol. The fourth-order valence-electron chi connectivity index (χ4n) is 3.04. The summed E-state index contributed by atoms with van der Waals surface area (Å²) in [5.74, 6) is -0.365. The molecule has 0 spiro atoms. The van der Waals surface area contributed by atoms with Gasteiger partial charge in [-0.05, 0) is 44.8 Å². The zero-order valence-corrected chi connectivity index (χ0v) is 13.1. The molecule has 1 fully saturated rings. The first-order valence-electron chi connectivity index (χ1n) is 7.80. The molecule has 1 atom stereocenters. The molecule has 3 heterocycles. The van der Waals surface area contributed by atoms with Gasteiger partial charge in [-0.25, -0.2) is 4.79 Å². The number of carboxylic acid groups (broad SMARTS) is 1. The van der Waals surface area contributed by atoms with Crippen molar-refractivity contribution in [2.45, 2.75) is 19.3 Å². The SMILES string of the molecule is CN1CCC[C@H](Cc2cnc(-c3cncc(C(=O)O)c3)cn2)C1. The van der Waals surface area contributed by atoms with Crippen LogP contribution in [0.3, 0.4) is 0 Å². The Morgan fingerprint density at radius 1 is 1.30 bits per heavy atom. The van der Waals surface area contributed by atoms with E-state index >= 15 is 0 Å². The van der Waals surface area contributed by atoms with E-state index in [1.165, 1.54) is 25.6 Å². The fourth-order valence-corrected chi connectivity index (χ4v) is 3.04. The highest BCUT2D eigenvalue weighted by Gasteiger charge is 2.18. The Balaban J connectivity index is 1.72. The number of hydrogen-bond acceptors (Lipinski definition) is 5. The zero-order chi connectivity index (χ0) is 16.2. The van der Waals surface area contributed by atoms with Crippen LogP contribution in [-0.2, 0) is 6.42 Å². The van der Waals surface area contributed by atoms with Crippen molar-refractivity contribution in [1.29, 1.82) is 0 Å². The van der Waals surface area contributed by atoms with E-state index in [9.17, 15) is 4.79 Å². The lowest BCUT2D eigenvalue weighted by molar-refractivity contribution is 0.0696. The zero-order valence-electron chi connectivity index (χ0n) is 13.1. The van der Waals surface area contributed by atoms with Gasteiger partial charge in [0.05, 0.1) is 23.1 Å². The molecule has 0 bridgehead atoms. The Hall–Kier alpha value is -2.34. The number of aromatic nitrogens is 3. The number of rotatable bonds is 4. The Labute approximate surface area is 135 Å². The molecule has 1 saturated heterocycles. The normalized spacial score (nSPS) is 18.7. The quantitative estimate of drug-likeness (QED) is 0.931. The van der Waals surface area contributed by atoms with Crippen LogP contribution < -0.4 is 0 Å². The van der Waals surface area contributed by atoms with Crippen LogP contribution in [0.1, 0.15) is 28.9 Å². The first-order valence-corrected chi connectivity index (χ1v) is 7.80. The van der Waals surface area contributed by atoms with Crippen LogP contribution in [0.2, 0.25) is 0 Å². The highest BCUT2D eigenvalue weighted by Crippen LogP contribution is 2.20. The predicted molar refractivity (Wildman–Crippen MR) is 86.1 cm³/mol. The van der Waals surface area contributed by atoms with Gasteiger partial charge in [-0.2, -0.15) is 0 Å². The smallest absolute Gasteiger partial charge is 0.337 e. The molecular weight excluding hydrogens is 292 g/mol. The van der Waals surface area contributed by atoms with Gasteiger partial charge in [0.15, 0.2) is 0 Å². The van der Waals surface area contributed by atoms with E-state index in [1.807, 2.05) is 0 Å². The van der Waals surface area contributed by atoms with Gasteiger partial charge in [0, 0.05) is 30.7 Å². The molecule has 2 aromatic rings. The summed E-state index contributed by atoms with van der Waals surface area (Å²) in [5, 5.41) is 9.02. The third-order valence-electron chi connectivity index (χ3n) is 4.21. The number of aromatic carboxylic acids is 1. The standard InChI is InChI=1S/C17H20N4O2/c1-21-4-2-3-12(11-21)5-15-9-20-16(10-19-15)13-6-14(17(22)23)8-18-7-13/h6-10,12H,2-5,11H2,1H3,(H,22,23)/t12-/m1/s1. The van der Waals surface area contributed by atoms with E-state index in [1.54, 1.807) is 24.7 Å². The van der Waals surface area contributed by atoms with Gasteiger partial charge in [0.2, 0.25) is 0 Å². The van der Waals surface area contributed by atoms with Gasteiger partial charge < -0.3 is 10.0 Å². The lowest BCUT2D eigenvalue weighted by atomic mass is 9.94. The lowest BCUT2D eigenvalue weighted by Gasteiger charge is -2.29. The van der Waals surface area contributed by atoms with Gasteiger partial charge >= 0.3 is 5.97 Å². The minimum absolute atomic E-state index is 0.151. The molecule has 2 aromatic heterocycles. The minimum Gasteiger partial charge on any atom is -0.478 e. The van der Waals surface area contributed by atoms with Crippen molar-refractivity contribution in [3.8, 4) is 11.3 Å². The van der Waals surface area contributed by atoms with Crippen molar-refractivity contribution >= 4 is 5.97 Å². The molecule has 1 aliphatic heterocycles. The first-order chi connectivity index (χ1) is 11.1. The second-order valence-electron chi connectivity index (χ2n) is 6.14. The van der Waals surface area contributed by atoms with Crippen molar-refractivity contribution in [3.05, 3.63) is 42.1 Å². The van der Waals surface area contributed by atoms with Crippen molar-refractivity contribution in [3.63, 3.8) is 0 Å². The number of pyridine rings is 1. The summed E-state index contributed by atoms with van der Waals surface area (Å²) in [5.41, 5.74) is 2.45. The van der Waals surface area contributed by atoms with Crippen LogP contribution >= 0.6 is 0 Å². The number of hydrogen-bond donors (Lipinski definition) is 1. The number of carboxylic acids is 1. The molecule has 0 unspecified atom stereocenters. The largest absolute Gasteiger partial charge is 0.478 e. The van der Waals surface area contributed by atoms with Crippen LogP contribution in [0, 0.1) is 5.92 Å². The topological polar surface area (TPSA) is 79.2 Å². The van der Waals surface area contributed by atoms with Crippen molar-refractivity contribution < 1.29 is 9.90 Å². The molecule has 6 heteroatoms. The van der Waals surface area contributed by atoms with Crippen LogP contribution in [0.25, 0.3) is 11.3 Å². The molecule has 6 nitrogen and oxygen atoms in total. The first kappa shape index (κ1) is 15.6. The molecule has 0 radical (unpaired) electrons. The summed E-state index contributed by atoms with van der Waals surface area (Å²) in [6, 6.07) is 1.56. The average molecular weight is 312 g/mol. The summed E-state index contributed by atoms with van der Waals surface area (Å²) in [4.78, 5) is 26.2. The summed E-state index contributed by atoms with van der Waals surface area (Å²) >= 11 is 0. The Morgan fingerprint density at radius 2 is 2.17 bits per heavy atom. The van der Waals surface area contributed by atoms with E-state index in [4.69, 9.17) is 5.11 Å². The van der Waals surface area contributed by atoms with Gasteiger partial charge in [0.1, 0.15) is 0 Å². The summed E-state index contributed by atoms with van der Waals surface area (Å²) in [6.07, 6.45) is 9.82. The maximum atomic E-state index is 11.0. The molecule has 1 N–H and O–H groups in total. The number of nitrogens with zero attached hydrogens (tertiary/aromatic N) is 4. The van der Waals surface area contributed by atoms with Crippen molar-refractivity contribution in [2.24, 2.45) is 5.92 Å². The number of carbonyl (C=O) groups is 1. The average Bonchev–Trinajstić information content (AvgIpc) is 2.56. The van der Waals surface area contributed by atoms with E-state index < -0.39 is 5.97 Å². The molecule has 3 rings (SSSR count).